The summed E-state index contributed by atoms with van der Waals surface area (Å²) in [6.07, 6.45) is -0.244. The highest BCUT2D eigenvalue weighted by molar-refractivity contribution is 7.98. The fourth-order valence-electron chi connectivity index (χ4n) is 2.77. The molecule has 1 unspecified atom stereocenters. The van der Waals surface area contributed by atoms with E-state index in [0.717, 1.165) is 40.2 Å². The van der Waals surface area contributed by atoms with Crippen LogP contribution >= 0.6 is 46.6 Å². The Morgan fingerprint density at radius 1 is 1.07 bits per heavy atom. The molecule has 0 radical (unpaired) electrons. The van der Waals surface area contributed by atoms with Gasteiger partial charge >= 0.3 is 0 Å². The molecule has 4 nitrogen and oxygen atoms in total. The zero-order valence-electron chi connectivity index (χ0n) is 15.7. The lowest BCUT2D eigenvalue weighted by atomic mass is 10.2. The minimum absolute atomic E-state index is 0.244. The van der Waals surface area contributed by atoms with Crippen molar-refractivity contribution in [1.29, 1.82) is 0 Å². The van der Waals surface area contributed by atoms with Gasteiger partial charge in [0.1, 0.15) is 5.75 Å². The number of aryl methyl sites for hydroxylation is 1. The molecule has 3 rings (SSSR count). The lowest BCUT2D eigenvalue weighted by Gasteiger charge is -2.17. The molecule has 0 spiro atoms. The first kappa shape index (κ1) is 21.3. The highest BCUT2D eigenvalue weighted by Gasteiger charge is 2.19. The average molecular weight is 457 g/mol. The zero-order valence-corrected chi connectivity index (χ0v) is 18.8. The van der Waals surface area contributed by atoms with Gasteiger partial charge in [-0.3, -0.25) is 0 Å². The first-order valence-electron chi connectivity index (χ1n) is 8.81. The van der Waals surface area contributed by atoms with Crippen molar-refractivity contribution in [2.45, 2.75) is 44.3 Å². The SMILES string of the molecule is CCn1c(SCc2ccc(Cl)c(Cl)c2)nnc1C(C)Oc1ccc(Cl)cc1C. The fraction of sp³-hybridized carbons (Fsp3) is 0.300. The van der Waals surface area contributed by atoms with Crippen LogP contribution in [-0.4, -0.2) is 14.8 Å². The fourth-order valence-corrected chi connectivity index (χ4v) is 4.27. The maximum atomic E-state index is 6.11. The Morgan fingerprint density at radius 3 is 2.54 bits per heavy atom. The van der Waals surface area contributed by atoms with Crippen LogP contribution in [0.2, 0.25) is 15.1 Å². The molecular formula is C20H20Cl3N3OS. The number of ether oxygens (including phenoxy) is 1. The van der Waals surface area contributed by atoms with E-state index in [1.54, 1.807) is 17.8 Å². The summed E-state index contributed by atoms with van der Waals surface area (Å²) >= 11 is 19.7. The van der Waals surface area contributed by atoms with Crippen LogP contribution in [0.25, 0.3) is 0 Å². The number of aromatic nitrogens is 3. The molecule has 0 saturated heterocycles. The van der Waals surface area contributed by atoms with E-state index in [-0.39, 0.29) is 6.10 Å². The lowest BCUT2D eigenvalue weighted by Crippen LogP contribution is -2.12. The number of nitrogens with zero attached hydrogens (tertiary/aromatic N) is 3. The summed E-state index contributed by atoms with van der Waals surface area (Å²) in [7, 11) is 0. The van der Waals surface area contributed by atoms with Gasteiger partial charge in [0.05, 0.1) is 10.0 Å². The Morgan fingerprint density at radius 2 is 1.86 bits per heavy atom. The van der Waals surface area contributed by atoms with Crippen LogP contribution in [0.1, 0.15) is 36.9 Å². The monoisotopic (exact) mass is 455 g/mol. The van der Waals surface area contributed by atoms with Gasteiger partial charge < -0.3 is 9.30 Å². The Bertz CT molecular complexity index is 977. The third kappa shape index (κ3) is 4.95. The summed E-state index contributed by atoms with van der Waals surface area (Å²) in [5.74, 6) is 2.29. The Labute approximate surface area is 184 Å². The van der Waals surface area contributed by atoms with Crippen molar-refractivity contribution in [1.82, 2.24) is 14.8 Å². The number of thioether (sulfide) groups is 1. The Kier molecular flexibility index (Phi) is 7.15. The van der Waals surface area contributed by atoms with Gasteiger partial charge in [0.25, 0.3) is 0 Å². The van der Waals surface area contributed by atoms with Gasteiger partial charge in [-0.15, -0.1) is 10.2 Å². The van der Waals surface area contributed by atoms with Crippen LogP contribution in [0.3, 0.4) is 0 Å². The van der Waals surface area contributed by atoms with Crippen molar-refractivity contribution in [3.63, 3.8) is 0 Å². The normalized spacial score (nSPS) is 12.2. The zero-order chi connectivity index (χ0) is 20.3. The molecule has 28 heavy (non-hydrogen) atoms. The van der Waals surface area contributed by atoms with Gasteiger partial charge in [-0.1, -0.05) is 52.6 Å². The third-order valence-corrected chi connectivity index (χ3v) is 6.23. The quantitative estimate of drug-likeness (QED) is 0.359. The van der Waals surface area contributed by atoms with Crippen LogP contribution in [0.5, 0.6) is 5.75 Å². The molecule has 1 atom stereocenters. The van der Waals surface area contributed by atoms with Gasteiger partial charge in [-0.2, -0.15) is 0 Å². The van der Waals surface area contributed by atoms with Crippen LogP contribution in [-0.2, 0) is 12.3 Å². The summed E-state index contributed by atoms with van der Waals surface area (Å²) < 4.78 is 8.18. The third-order valence-electron chi connectivity index (χ3n) is 4.22. The van der Waals surface area contributed by atoms with Gasteiger partial charge in [0, 0.05) is 17.3 Å². The molecule has 8 heteroatoms. The predicted molar refractivity (Wildman–Crippen MR) is 117 cm³/mol. The van der Waals surface area contributed by atoms with Crippen LogP contribution < -0.4 is 4.74 Å². The second kappa shape index (κ2) is 9.40. The maximum Gasteiger partial charge on any atom is 0.191 e. The topological polar surface area (TPSA) is 39.9 Å². The predicted octanol–water partition coefficient (Wildman–Crippen LogP) is 7.00. The van der Waals surface area contributed by atoms with Crippen LogP contribution in [0, 0.1) is 6.92 Å². The van der Waals surface area contributed by atoms with Crippen molar-refractivity contribution < 1.29 is 4.74 Å². The molecule has 0 bridgehead atoms. The highest BCUT2D eigenvalue weighted by atomic mass is 35.5. The van der Waals surface area contributed by atoms with Crippen molar-refractivity contribution in [2.75, 3.05) is 0 Å². The molecule has 0 N–H and O–H groups in total. The molecule has 0 aliphatic carbocycles. The van der Waals surface area contributed by atoms with E-state index in [0.29, 0.717) is 15.1 Å². The summed E-state index contributed by atoms with van der Waals surface area (Å²) in [5, 5.41) is 11.4. The largest absolute Gasteiger partial charge is 0.482 e. The van der Waals surface area contributed by atoms with E-state index in [4.69, 9.17) is 39.5 Å². The average Bonchev–Trinajstić information content (AvgIpc) is 3.08. The number of hydrogen-bond donors (Lipinski definition) is 0. The summed E-state index contributed by atoms with van der Waals surface area (Å²) in [4.78, 5) is 0. The molecule has 148 valence electrons. The standard InChI is InChI=1S/C20H20Cl3N3OS/c1-4-26-19(13(3)27-18-8-6-15(21)9-12(18)2)24-25-20(26)28-11-14-5-7-16(22)17(23)10-14/h5-10,13H,4,11H2,1-3H3. The molecular weight excluding hydrogens is 437 g/mol. The number of halogens is 3. The first-order chi connectivity index (χ1) is 13.4. The second-order valence-electron chi connectivity index (χ2n) is 6.29. The first-order valence-corrected chi connectivity index (χ1v) is 10.9. The van der Waals surface area contributed by atoms with Gasteiger partial charge in [-0.25, -0.2) is 0 Å². The van der Waals surface area contributed by atoms with Crippen molar-refractivity contribution in [3.8, 4) is 5.75 Å². The van der Waals surface area contributed by atoms with E-state index >= 15 is 0 Å². The highest BCUT2D eigenvalue weighted by Crippen LogP contribution is 2.30. The molecule has 3 aromatic rings. The number of benzene rings is 2. The van der Waals surface area contributed by atoms with E-state index in [1.807, 2.05) is 44.2 Å². The van der Waals surface area contributed by atoms with Crippen molar-refractivity contribution in [2.24, 2.45) is 0 Å². The molecule has 0 amide bonds. The van der Waals surface area contributed by atoms with E-state index < -0.39 is 0 Å². The summed E-state index contributed by atoms with van der Waals surface area (Å²) in [5.41, 5.74) is 2.06. The minimum atomic E-state index is -0.244. The van der Waals surface area contributed by atoms with Gasteiger partial charge in [-0.05, 0) is 62.2 Å². The molecule has 0 aliphatic rings. The van der Waals surface area contributed by atoms with E-state index in [2.05, 4.69) is 21.7 Å². The molecule has 1 heterocycles. The Hall–Kier alpha value is -1.40. The molecule has 0 aliphatic heterocycles. The second-order valence-corrected chi connectivity index (χ2v) is 8.49. The smallest absolute Gasteiger partial charge is 0.191 e. The van der Waals surface area contributed by atoms with Crippen molar-refractivity contribution in [3.05, 3.63) is 68.4 Å². The van der Waals surface area contributed by atoms with E-state index in [9.17, 15) is 0 Å². The summed E-state index contributed by atoms with van der Waals surface area (Å²) in [6.45, 7) is 6.75. The molecule has 2 aromatic carbocycles. The van der Waals surface area contributed by atoms with E-state index in [1.165, 1.54) is 0 Å². The number of hydrogen-bond acceptors (Lipinski definition) is 4. The van der Waals surface area contributed by atoms with Gasteiger partial charge in [0.15, 0.2) is 17.1 Å². The maximum absolute atomic E-state index is 6.11. The van der Waals surface area contributed by atoms with Crippen molar-refractivity contribution >= 4 is 46.6 Å². The van der Waals surface area contributed by atoms with Crippen LogP contribution in [0.4, 0.5) is 0 Å². The molecule has 0 fully saturated rings. The Balaban J connectivity index is 1.74. The number of rotatable bonds is 7. The summed E-state index contributed by atoms with van der Waals surface area (Å²) in [6, 6.07) is 11.2. The lowest BCUT2D eigenvalue weighted by molar-refractivity contribution is 0.208. The molecule has 0 saturated carbocycles. The van der Waals surface area contributed by atoms with Crippen LogP contribution in [0.15, 0.2) is 41.6 Å². The minimum Gasteiger partial charge on any atom is -0.482 e. The molecule has 1 aromatic heterocycles. The van der Waals surface area contributed by atoms with Gasteiger partial charge in [0.2, 0.25) is 0 Å².